The van der Waals surface area contributed by atoms with Crippen LogP contribution in [0.25, 0.3) is 0 Å². The summed E-state index contributed by atoms with van der Waals surface area (Å²) in [6.45, 7) is 8.52. The molecule has 0 amide bonds. The van der Waals surface area contributed by atoms with Crippen molar-refractivity contribution in [3.8, 4) is 0 Å². The molecule has 0 spiro atoms. The molecule has 1 aromatic rings. The van der Waals surface area contributed by atoms with E-state index in [1.807, 2.05) is 6.07 Å². The van der Waals surface area contributed by atoms with Crippen LogP contribution in [-0.2, 0) is 0 Å². The van der Waals surface area contributed by atoms with Crippen LogP contribution in [-0.4, -0.2) is 32.1 Å². The number of nitrogens with one attached hydrogen (secondary N) is 1. The van der Waals surface area contributed by atoms with Crippen molar-refractivity contribution >= 4 is 15.9 Å². The predicted octanol–water partition coefficient (Wildman–Crippen LogP) is 3.83. The van der Waals surface area contributed by atoms with Crippen LogP contribution in [0.1, 0.15) is 32.4 Å². The van der Waals surface area contributed by atoms with Gasteiger partial charge in [0.15, 0.2) is 0 Å². The lowest BCUT2D eigenvalue weighted by Gasteiger charge is -2.30. The van der Waals surface area contributed by atoms with Crippen LogP contribution in [0.4, 0.5) is 4.39 Å². The average molecular weight is 331 g/mol. The van der Waals surface area contributed by atoms with E-state index in [0.717, 1.165) is 23.1 Å². The summed E-state index contributed by atoms with van der Waals surface area (Å²) >= 11 is 3.42. The average Bonchev–Trinajstić information content (AvgIpc) is 2.24. The topological polar surface area (TPSA) is 15.3 Å². The molecular weight excluding hydrogens is 307 g/mol. The van der Waals surface area contributed by atoms with Crippen molar-refractivity contribution in [2.24, 2.45) is 5.41 Å². The summed E-state index contributed by atoms with van der Waals surface area (Å²) < 4.78 is 13.9. The van der Waals surface area contributed by atoms with E-state index in [0.29, 0.717) is 0 Å². The van der Waals surface area contributed by atoms with Crippen molar-refractivity contribution in [2.75, 3.05) is 27.2 Å². The molecule has 0 aliphatic carbocycles. The Hall–Kier alpha value is -0.450. The van der Waals surface area contributed by atoms with Crippen LogP contribution >= 0.6 is 15.9 Å². The molecule has 0 aliphatic rings. The van der Waals surface area contributed by atoms with Gasteiger partial charge < -0.3 is 10.2 Å². The highest BCUT2D eigenvalue weighted by Gasteiger charge is 2.20. The van der Waals surface area contributed by atoms with Crippen molar-refractivity contribution in [2.45, 2.75) is 26.8 Å². The summed E-state index contributed by atoms with van der Waals surface area (Å²) in [5.74, 6) is -0.212. The second kappa shape index (κ2) is 6.82. The molecule has 1 N–H and O–H groups in total. The molecule has 19 heavy (non-hydrogen) atoms. The van der Waals surface area contributed by atoms with Gasteiger partial charge in [-0.3, -0.25) is 0 Å². The molecule has 1 atom stereocenters. The third-order valence-corrected chi connectivity index (χ3v) is 3.75. The number of hydrogen-bond acceptors (Lipinski definition) is 2. The highest BCUT2D eigenvalue weighted by Crippen LogP contribution is 2.25. The first-order valence-corrected chi connectivity index (χ1v) is 7.34. The Kier molecular flexibility index (Phi) is 5.96. The largest absolute Gasteiger partial charge is 0.310 e. The first kappa shape index (κ1) is 16.6. The summed E-state index contributed by atoms with van der Waals surface area (Å²) in [5, 5.41) is 3.53. The zero-order chi connectivity index (χ0) is 14.6. The Balaban J connectivity index is 2.62. The Morgan fingerprint density at radius 2 is 2.00 bits per heavy atom. The third kappa shape index (κ3) is 5.59. The maximum Gasteiger partial charge on any atom is 0.124 e. The van der Waals surface area contributed by atoms with Gasteiger partial charge in [-0.15, -0.1) is 0 Å². The fourth-order valence-electron chi connectivity index (χ4n) is 2.30. The molecule has 108 valence electrons. The summed E-state index contributed by atoms with van der Waals surface area (Å²) in [7, 11) is 4.17. The number of rotatable bonds is 6. The Morgan fingerprint density at radius 3 is 2.53 bits per heavy atom. The van der Waals surface area contributed by atoms with Crippen LogP contribution in [0.3, 0.4) is 0 Å². The molecule has 4 heteroatoms. The van der Waals surface area contributed by atoms with E-state index in [-0.39, 0.29) is 17.3 Å². The molecule has 2 nitrogen and oxygen atoms in total. The SMILES string of the molecule is CC(NCC(C)(C)CN(C)C)c1ccc(F)cc1Br. The first-order chi connectivity index (χ1) is 8.71. The number of halogens is 2. The predicted molar refractivity (Wildman–Crippen MR) is 82.9 cm³/mol. The fraction of sp³-hybridized carbons (Fsp3) is 0.600. The lowest BCUT2D eigenvalue weighted by molar-refractivity contribution is 0.227. The molecule has 0 aromatic heterocycles. The number of hydrogen-bond donors (Lipinski definition) is 1. The number of benzene rings is 1. The van der Waals surface area contributed by atoms with Crippen LogP contribution in [0, 0.1) is 11.2 Å². The molecule has 0 heterocycles. The molecule has 0 bridgehead atoms. The zero-order valence-corrected chi connectivity index (χ0v) is 14.0. The fourth-order valence-corrected chi connectivity index (χ4v) is 3.00. The summed E-state index contributed by atoms with van der Waals surface area (Å²) in [5.41, 5.74) is 1.28. The van der Waals surface area contributed by atoms with Gasteiger partial charge in [0.05, 0.1) is 0 Å². The highest BCUT2D eigenvalue weighted by atomic mass is 79.9. The minimum Gasteiger partial charge on any atom is -0.310 e. The van der Waals surface area contributed by atoms with E-state index in [1.54, 1.807) is 0 Å². The molecule has 0 aliphatic heterocycles. The van der Waals surface area contributed by atoms with E-state index >= 15 is 0 Å². The van der Waals surface area contributed by atoms with E-state index in [4.69, 9.17) is 0 Å². The second-order valence-corrected chi connectivity index (χ2v) is 7.02. The molecular formula is C15H24BrFN2. The van der Waals surface area contributed by atoms with E-state index in [2.05, 4.69) is 61.0 Å². The Labute approximate surface area is 124 Å². The van der Waals surface area contributed by atoms with Gasteiger partial charge in [-0.25, -0.2) is 4.39 Å². The molecule has 0 radical (unpaired) electrons. The molecule has 1 unspecified atom stereocenters. The van der Waals surface area contributed by atoms with Crippen molar-refractivity contribution < 1.29 is 4.39 Å². The van der Waals surface area contributed by atoms with Crippen LogP contribution in [0.15, 0.2) is 22.7 Å². The van der Waals surface area contributed by atoms with Crippen molar-refractivity contribution in [3.63, 3.8) is 0 Å². The van der Waals surface area contributed by atoms with Crippen molar-refractivity contribution in [1.82, 2.24) is 10.2 Å². The van der Waals surface area contributed by atoms with Crippen molar-refractivity contribution in [3.05, 3.63) is 34.1 Å². The van der Waals surface area contributed by atoms with Gasteiger partial charge in [0.2, 0.25) is 0 Å². The van der Waals surface area contributed by atoms with Gasteiger partial charge in [-0.1, -0.05) is 35.8 Å². The Bertz CT molecular complexity index is 419. The molecule has 0 saturated carbocycles. The summed E-state index contributed by atoms with van der Waals surface area (Å²) in [4.78, 5) is 2.19. The van der Waals surface area contributed by atoms with Crippen LogP contribution < -0.4 is 5.32 Å². The van der Waals surface area contributed by atoms with E-state index in [9.17, 15) is 4.39 Å². The second-order valence-electron chi connectivity index (χ2n) is 6.17. The maximum absolute atomic E-state index is 13.1. The summed E-state index contributed by atoms with van der Waals surface area (Å²) in [6.07, 6.45) is 0. The summed E-state index contributed by atoms with van der Waals surface area (Å²) in [6, 6.07) is 5.04. The lowest BCUT2D eigenvalue weighted by atomic mass is 9.92. The quantitative estimate of drug-likeness (QED) is 0.852. The molecule has 1 aromatic carbocycles. The van der Waals surface area contributed by atoms with Crippen LogP contribution in [0.5, 0.6) is 0 Å². The van der Waals surface area contributed by atoms with E-state index in [1.165, 1.54) is 12.1 Å². The number of nitrogens with zero attached hydrogens (tertiary/aromatic N) is 1. The normalized spacial score (nSPS) is 13.9. The van der Waals surface area contributed by atoms with Crippen LogP contribution in [0.2, 0.25) is 0 Å². The minimum absolute atomic E-state index is 0.191. The van der Waals surface area contributed by atoms with Gasteiger partial charge in [0, 0.05) is 23.6 Å². The van der Waals surface area contributed by atoms with Gasteiger partial charge in [0.1, 0.15) is 5.82 Å². The molecule has 0 fully saturated rings. The minimum atomic E-state index is -0.212. The molecule has 1 rings (SSSR count). The smallest absolute Gasteiger partial charge is 0.124 e. The van der Waals surface area contributed by atoms with Gasteiger partial charge in [-0.05, 0) is 44.1 Å². The highest BCUT2D eigenvalue weighted by molar-refractivity contribution is 9.10. The van der Waals surface area contributed by atoms with Gasteiger partial charge in [-0.2, -0.15) is 0 Å². The third-order valence-electron chi connectivity index (χ3n) is 3.06. The standard InChI is InChI=1S/C15H24BrFN2/c1-11(13-7-6-12(17)8-14(13)16)18-9-15(2,3)10-19(4)5/h6-8,11,18H,9-10H2,1-5H3. The van der Waals surface area contributed by atoms with E-state index < -0.39 is 0 Å². The molecule has 0 saturated heterocycles. The van der Waals surface area contributed by atoms with Gasteiger partial charge >= 0.3 is 0 Å². The van der Waals surface area contributed by atoms with Crippen molar-refractivity contribution in [1.29, 1.82) is 0 Å². The Morgan fingerprint density at radius 1 is 1.37 bits per heavy atom. The lowest BCUT2D eigenvalue weighted by Crippen LogP contribution is -2.38. The monoisotopic (exact) mass is 330 g/mol. The zero-order valence-electron chi connectivity index (χ0n) is 12.4. The maximum atomic E-state index is 13.1. The van der Waals surface area contributed by atoms with Gasteiger partial charge in [0.25, 0.3) is 0 Å². The first-order valence-electron chi connectivity index (χ1n) is 6.54.